The van der Waals surface area contributed by atoms with E-state index in [0.29, 0.717) is 0 Å². The van der Waals surface area contributed by atoms with Crippen molar-refractivity contribution < 1.29 is 33.3 Å². The van der Waals surface area contributed by atoms with Crippen LogP contribution in [0.25, 0.3) is 0 Å². The Morgan fingerprint density at radius 3 is 2.28 bits per heavy atom. The average Bonchev–Trinajstić information content (AvgIpc) is 2.65. The summed E-state index contributed by atoms with van der Waals surface area (Å²) < 4.78 is 19.6. The fourth-order valence-corrected chi connectivity index (χ4v) is 2.66. The van der Waals surface area contributed by atoms with Crippen LogP contribution in [0.5, 0.6) is 0 Å². The highest BCUT2D eigenvalue weighted by Gasteiger charge is 2.35. The minimum atomic E-state index is -0.792. The van der Waals surface area contributed by atoms with Gasteiger partial charge in [-0.3, -0.25) is 0 Å². The van der Waals surface area contributed by atoms with Gasteiger partial charge in [-0.2, -0.15) is 0 Å². The van der Waals surface area contributed by atoms with Crippen LogP contribution in [-0.4, -0.2) is 52.6 Å². The molecule has 0 saturated heterocycles. The van der Waals surface area contributed by atoms with E-state index < -0.39 is 17.9 Å². The molecule has 1 heterocycles. The highest BCUT2D eigenvalue weighted by molar-refractivity contribution is 6.34. The number of nitrogens with zero attached hydrogens (tertiary/aromatic N) is 1. The molecule has 0 aliphatic carbocycles. The maximum absolute atomic E-state index is 12.3. The lowest BCUT2D eigenvalue weighted by molar-refractivity contribution is -0.140. The van der Waals surface area contributed by atoms with Gasteiger partial charge in [0.2, 0.25) is 0 Å². The van der Waals surface area contributed by atoms with Gasteiger partial charge in [0.05, 0.1) is 49.8 Å². The van der Waals surface area contributed by atoms with Gasteiger partial charge in [0, 0.05) is 0 Å². The molecule has 1 aliphatic heterocycles. The number of esters is 3. The Balaban J connectivity index is 2.70. The first-order valence-electron chi connectivity index (χ1n) is 7.08. The van der Waals surface area contributed by atoms with E-state index in [1.807, 2.05) is 0 Å². The first kappa shape index (κ1) is 18.8. The van der Waals surface area contributed by atoms with Crippen LogP contribution in [0.3, 0.4) is 0 Å². The molecule has 0 fully saturated rings. The Labute approximate surface area is 148 Å². The van der Waals surface area contributed by atoms with Crippen molar-refractivity contribution in [3.8, 4) is 0 Å². The van der Waals surface area contributed by atoms with Crippen LogP contribution in [0.15, 0.2) is 29.5 Å². The minimum absolute atomic E-state index is 0.0451. The molecular weight excluding hydrogens is 354 g/mol. The van der Waals surface area contributed by atoms with E-state index in [0.717, 1.165) is 0 Å². The Hall–Kier alpha value is -2.58. The molecule has 25 heavy (non-hydrogen) atoms. The van der Waals surface area contributed by atoms with Crippen molar-refractivity contribution in [1.82, 2.24) is 0 Å². The second-order valence-electron chi connectivity index (χ2n) is 4.84. The average molecular weight is 370 g/mol. The highest BCUT2D eigenvalue weighted by atomic mass is 35.5. The summed E-state index contributed by atoms with van der Waals surface area (Å²) in [5.41, 5.74) is 0.110. The summed E-state index contributed by atoms with van der Waals surface area (Å²) >= 11 is 6.24. The van der Waals surface area contributed by atoms with Crippen molar-refractivity contribution in [3.05, 3.63) is 40.1 Å². The fraction of sp³-hybridized carbons (Fsp3) is 0.312. The molecule has 0 atom stereocenters. The number of anilines is 1. The number of rotatable bonds is 4. The van der Waals surface area contributed by atoms with Crippen LogP contribution in [0, 0.1) is 0 Å². The molecule has 0 radical (unpaired) electrons. The van der Waals surface area contributed by atoms with Gasteiger partial charge in [0.1, 0.15) is 12.4 Å². The van der Waals surface area contributed by atoms with Crippen molar-refractivity contribution in [2.24, 2.45) is 0 Å². The molecule has 0 bridgehead atoms. The predicted molar refractivity (Wildman–Crippen MR) is 87.1 cm³/mol. The maximum Gasteiger partial charge on any atom is 0.355 e. The van der Waals surface area contributed by atoms with Crippen molar-refractivity contribution in [2.75, 3.05) is 39.6 Å². The van der Waals surface area contributed by atoms with Gasteiger partial charge in [0.25, 0.3) is 0 Å². The zero-order chi connectivity index (χ0) is 18.6. The molecule has 9 heteroatoms. The van der Waals surface area contributed by atoms with E-state index in [4.69, 9.17) is 30.5 Å². The first-order valence-corrected chi connectivity index (χ1v) is 7.45. The van der Waals surface area contributed by atoms with Gasteiger partial charge < -0.3 is 23.8 Å². The van der Waals surface area contributed by atoms with Crippen molar-refractivity contribution in [3.63, 3.8) is 0 Å². The number of para-hydroxylation sites is 1. The normalized spacial score (nSPS) is 14.2. The molecule has 0 aromatic heterocycles. The van der Waals surface area contributed by atoms with Crippen molar-refractivity contribution >= 4 is 35.2 Å². The van der Waals surface area contributed by atoms with Gasteiger partial charge in [-0.1, -0.05) is 17.7 Å². The molecular formula is C16H16ClNO7. The number of carbonyl (C=O) groups is 3. The van der Waals surface area contributed by atoms with E-state index >= 15 is 0 Å². The molecule has 1 aromatic carbocycles. The number of methoxy groups -OCH3 is 3. The summed E-state index contributed by atoms with van der Waals surface area (Å²) in [6.07, 6.45) is 0. The Morgan fingerprint density at radius 1 is 1.04 bits per heavy atom. The van der Waals surface area contributed by atoms with Gasteiger partial charge in [-0.25, -0.2) is 14.4 Å². The van der Waals surface area contributed by atoms with Crippen LogP contribution in [-0.2, 0) is 28.5 Å². The third-order valence-electron chi connectivity index (χ3n) is 3.50. The number of ether oxygens (including phenoxy) is 4. The Bertz CT molecular complexity index is 744. The van der Waals surface area contributed by atoms with Gasteiger partial charge in [0.15, 0.2) is 0 Å². The lowest BCUT2D eigenvalue weighted by Gasteiger charge is -2.32. The Morgan fingerprint density at radius 2 is 1.68 bits per heavy atom. The number of halogens is 1. The lowest BCUT2D eigenvalue weighted by atomic mass is 10.1. The van der Waals surface area contributed by atoms with E-state index in [2.05, 4.69) is 0 Å². The van der Waals surface area contributed by atoms with Gasteiger partial charge in [-0.15, -0.1) is 0 Å². The second-order valence-corrected chi connectivity index (χ2v) is 5.25. The fourth-order valence-electron chi connectivity index (χ4n) is 2.38. The van der Waals surface area contributed by atoms with E-state index in [-0.39, 0.29) is 40.9 Å². The number of benzene rings is 1. The highest BCUT2D eigenvalue weighted by Crippen LogP contribution is 2.35. The van der Waals surface area contributed by atoms with Gasteiger partial charge in [-0.05, 0) is 12.1 Å². The predicted octanol–water partition coefficient (Wildman–Crippen LogP) is 1.52. The van der Waals surface area contributed by atoms with Crippen LogP contribution < -0.4 is 4.90 Å². The monoisotopic (exact) mass is 369 g/mol. The summed E-state index contributed by atoms with van der Waals surface area (Å²) in [4.78, 5) is 37.7. The van der Waals surface area contributed by atoms with E-state index in [1.165, 1.54) is 38.4 Å². The van der Waals surface area contributed by atoms with Crippen LogP contribution in [0.1, 0.15) is 10.4 Å². The quantitative estimate of drug-likeness (QED) is 0.582. The Kier molecular flexibility index (Phi) is 6.00. The number of hydrogen-bond acceptors (Lipinski definition) is 8. The molecule has 0 amide bonds. The molecule has 2 rings (SSSR count). The summed E-state index contributed by atoms with van der Waals surface area (Å²) in [7, 11) is 3.57. The summed E-state index contributed by atoms with van der Waals surface area (Å²) in [5.74, 6) is -2.21. The van der Waals surface area contributed by atoms with Crippen LogP contribution in [0.4, 0.5) is 5.69 Å². The van der Waals surface area contributed by atoms with Gasteiger partial charge >= 0.3 is 17.9 Å². The minimum Gasteiger partial charge on any atom is -0.466 e. The number of hydrogen-bond donors (Lipinski definition) is 0. The van der Waals surface area contributed by atoms with Crippen LogP contribution >= 0.6 is 11.6 Å². The maximum atomic E-state index is 12.3. The topological polar surface area (TPSA) is 91.4 Å². The third-order valence-corrected chi connectivity index (χ3v) is 3.80. The largest absolute Gasteiger partial charge is 0.466 e. The smallest absolute Gasteiger partial charge is 0.355 e. The molecule has 0 saturated carbocycles. The second kappa shape index (κ2) is 8.00. The standard InChI is InChI=1S/C16H16ClNO7/c1-22-14(19)9-5-4-6-11(17)12(9)18-8-25-7-10(15(20)23-2)13(18)16(21)24-3/h4-6H,7-8H2,1-3H3. The van der Waals surface area contributed by atoms with Crippen LogP contribution in [0.2, 0.25) is 5.02 Å². The van der Waals surface area contributed by atoms with Crippen molar-refractivity contribution in [2.45, 2.75) is 0 Å². The first-order chi connectivity index (χ1) is 12.0. The molecule has 134 valence electrons. The third kappa shape index (κ3) is 3.59. The molecule has 0 spiro atoms. The SMILES string of the molecule is COC(=O)C1=C(C(=O)OC)N(c2c(Cl)cccc2C(=O)OC)COC1. The lowest BCUT2D eigenvalue weighted by Crippen LogP contribution is -2.39. The molecule has 0 N–H and O–H groups in total. The van der Waals surface area contributed by atoms with Crippen molar-refractivity contribution in [1.29, 1.82) is 0 Å². The summed E-state index contributed by atoms with van der Waals surface area (Å²) in [5, 5.41) is 0.166. The molecule has 1 aromatic rings. The summed E-state index contributed by atoms with van der Waals surface area (Å²) in [6, 6.07) is 4.57. The molecule has 0 unspecified atom stereocenters. The zero-order valence-corrected chi connectivity index (χ0v) is 14.6. The van der Waals surface area contributed by atoms with E-state index in [1.54, 1.807) is 6.07 Å². The molecule has 1 aliphatic rings. The zero-order valence-electron chi connectivity index (χ0n) is 13.8. The molecule has 8 nitrogen and oxygen atoms in total. The number of carbonyl (C=O) groups excluding carboxylic acids is 3. The summed E-state index contributed by atoms with van der Waals surface area (Å²) in [6.45, 7) is -0.274. The van der Waals surface area contributed by atoms with E-state index in [9.17, 15) is 14.4 Å².